The molecule has 0 aliphatic heterocycles. The van der Waals surface area contributed by atoms with Crippen LogP contribution in [0.3, 0.4) is 0 Å². The Balaban J connectivity index is 1.70. The number of nitrogens with two attached hydrogens (primary N) is 2. The van der Waals surface area contributed by atoms with Gasteiger partial charge < -0.3 is 16.4 Å². The zero-order valence-corrected chi connectivity index (χ0v) is 19.6. The minimum Gasteiger partial charge on any atom is -0.388 e. The molecule has 3 aromatic carbocycles. The van der Waals surface area contributed by atoms with Crippen LogP contribution in [0.1, 0.15) is 43.1 Å². The maximum Gasteiger partial charge on any atom is 0.265 e. The molecule has 2 aliphatic rings. The first-order valence-electron chi connectivity index (χ1n) is 11.5. The van der Waals surface area contributed by atoms with Gasteiger partial charge in [0.25, 0.3) is 5.91 Å². The Hall–Kier alpha value is -4.53. The second-order valence-electron chi connectivity index (χ2n) is 8.72. The van der Waals surface area contributed by atoms with Crippen molar-refractivity contribution in [3.05, 3.63) is 118 Å². The molecule has 0 fully saturated rings. The van der Waals surface area contributed by atoms with E-state index < -0.39 is 11.4 Å². The third-order valence-corrected chi connectivity index (χ3v) is 6.70. The van der Waals surface area contributed by atoms with E-state index in [0.717, 1.165) is 11.4 Å². The van der Waals surface area contributed by atoms with Crippen molar-refractivity contribution in [1.82, 2.24) is 5.43 Å². The predicted molar refractivity (Wildman–Crippen MR) is 138 cm³/mol. The number of hydrogen-bond acceptors (Lipinski definition) is 7. The van der Waals surface area contributed by atoms with Crippen molar-refractivity contribution >= 4 is 28.8 Å². The zero-order valence-electron chi connectivity index (χ0n) is 19.6. The van der Waals surface area contributed by atoms with Gasteiger partial charge in [-0.15, -0.1) is 0 Å². The molecule has 0 spiro atoms. The first-order valence-corrected chi connectivity index (χ1v) is 11.5. The van der Waals surface area contributed by atoms with E-state index in [1.807, 2.05) is 31.3 Å². The highest BCUT2D eigenvalue weighted by Gasteiger charge is 2.47. The fraction of sp³-hybridized carbons (Fsp3) is 0.107. The second kappa shape index (κ2) is 8.92. The van der Waals surface area contributed by atoms with Crippen LogP contribution < -0.4 is 27.6 Å². The van der Waals surface area contributed by atoms with Crippen LogP contribution >= 0.6 is 0 Å². The molecule has 3 aromatic rings. The van der Waals surface area contributed by atoms with E-state index in [2.05, 4.69) is 16.1 Å². The first kappa shape index (κ1) is 23.2. The number of amides is 1. The smallest absolute Gasteiger partial charge is 0.265 e. The lowest BCUT2D eigenvalue weighted by molar-refractivity contribution is 0.0944. The number of hydrogen-bond donors (Lipinski definition) is 5. The van der Waals surface area contributed by atoms with Crippen LogP contribution in [0, 0.1) is 0 Å². The summed E-state index contributed by atoms with van der Waals surface area (Å²) in [4.78, 5) is 40.4. The van der Waals surface area contributed by atoms with Gasteiger partial charge in [0.2, 0.25) is 0 Å². The van der Waals surface area contributed by atoms with E-state index in [-0.39, 0.29) is 40.3 Å². The molecule has 7 N–H and O–H groups in total. The van der Waals surface area contributed by atoms with Crippen LogP contribution in [0.25, 0.3) is 0 Å². The van der Waals surface area contributed by atoms with Gasteiger partial charge in [-0.25, -0.2) is 5.84 Å². The number of nitrogen functional groups attached to an aromatic ring is 1. The fourth-order valence-corrected chi connectivity index (χ4v) is 4.91. The molecule has 0 saturated heterocycles. The predicted octanol–water partition coefficient (Wildman–Crippen LogP) is 3.26. The molecule has 1 unspecified atom stereocenters. The summed E-state index contributed by atoms with van der Waals surface area (Å²) in [5.41, 5.74) is 11.5. The topological polar surface area (TPSA) is 139 Å². The molecule has 2 aliphatic carbocycles. The van der Waals surface area contributed by atoms with Crippen molar-refractivity contribution in [3.63, 3.8) is 0 Å². The van der Waals surface area contributed by atoms with E-state index >= 15 is 0 Å². The standard InChI is InChI=1S/C28H25N5O3/c1-31-16-10-12-17(13-11-16)32-22-14-15-28(29,21-9-5-4-8-20(21)27(36)33-30)24-23(22)25(34)18-6-2-3-7-19(18)26(24)35/h2-14,31-32H,15,29-30H2,1H3,(H,33,36). The van der Waals surface area contributed by atoms with Gasteiger partial charge in [0, 0.05) is 46.4 Å². The summed E-state index contributed by atoms with van der Waals surface area (Å²) in [6, 6.07) is 21.0. The van der Waals surface area contributed by atoms with Crippen molar-refractivity contribution in [1.29, 1.82) is 0 Å². The van der Waals surface area contributed by atoms with Gasteiger partial charge >= 0.3 is 0 Å². The number of carbonyl (C=O) groups is 3. The minimum absolute atomic E-state index is 0.153. The Morgan fingerprint density at radius 2 is 1.47 bits per heavy atom. The third kappa shape index (κ3) is 3.60. The highest BCUT2D eigenvalue weighted by molar-refractivity contribution is 6.29. The molecular formula is C28H25N5O3. The lowest BCUT2D eigenvalue weighted by atomic mass is 9.67. The quantitative estimate of drug-likeness (QED) is 0.215. The molecule has 0 aromatic heterocycles. The molecule has 180 valence electrons. The summed E-state index contributed by atoms with van der Waals surface area (Å²) in [7, 11) is 1.83. The minimum atomic E-state index is -1.43. The number of rotatable bonds is 5. The average molecular weight is 480 g/mol. The summed E-state index contributed by atoms with van der Waals surface area (Å²) >= 11 is 0. The zero-order chi connectivity index (χ0) is 25.4. The van der Waals surface area contributed by atoms with E-state index in [1.165, 1.54) is 0 Å². The van der Waals surface area contributed by atoms with Crippen molar-refractivity contribution in [2.75, 3.05) is 17.7 Å². The number of ketones is 2. The Morgan fingerprint density at radius 1 is 0.861 bits per heavy atom. The summed E-state index contributed by atoms with van der Waals surface area (Å²) in [5.74, 6) is 4.23. The SMILES string of the molecule is CNc1ccc(NC2=CCC(N)(c3ccccc3C(=O)NN)C3=C2C(=O)c2ccccc2C3=O)cc1. The van der Waals surface area contributed by atoms with Crippen molar-refractivity contribution in [3.8, 4) is 0 Å². The number of anilines is 2. The number of Topliss-reactive ketones (excluding diaryl/α,β-unsaturated/α-hetero) is 2. The molecule has 0 heterocycles. The van der Waals surface area contributed by atoms with Gasteiger partial charge in [0.05, 0.1) is 11.1 Å². The van der Waals surface area contributed by atoms with Crippen molar-refractivity contribution in [2.45, 2.75) is 12.0 Å². The van der Waals surface area contributed by atoms with E-state index in [9.17, 15) is 14.4 Å². The normalized spacial score (nSPS) is 18.7. The van der Waals surface area contributed by atoms with E-state index in [4.69, 9.17) is 11.6 Å². The molecule has 8 nitrogen and oxygen atoms in total. The second-order valence-corrected chi connectivity index (χ2v) is 8.72. The van der Waals surface area contributed by atoms with Crippen LogP contribution in [0.2, 0.25) is 0 Å². The molecule has 8 heteroatoms. The highest BCUT2D eigenvalue weighted by atomic mass is 16.2. The third-order valence-electron chi connectivity index (χ3n) is 6.70. The molecular weight excluding hydrogens is 454 g/mol. The van der Waals surface area contributed by atoms with Gasteiger partial charge in [-0.2, -0.15) is 0 Å². The van der Waals surface area contributed by atoms with Gasteiger partial charge in [-0.3, -0.25) is 19.8 Å². The van der Waals surface area contributed by atoms with Gasteiger partial charge in [0.15, 0.2) is 11.6 Å². The number of nitrogens with one attached hydrogen (secondary N) is 3. The number of carbonyl (C=O) groups excluding carboxylic acids is 3. The Kier molecular flexibility index (Phi) is 5.75. The van der Waals surface area contributed by atoms with Crippen molar-refractivity contribution in [2.24, 2.45) is 11.6 Å². The van der Waals surface area contributed by atoms with Crippen molar-refractivity contribution < 1.29 is 14.4 Å². The summed E-state index contributed by atoms with van der Waals surface area (Å²) in [5, 5.41) is 6.36. The largest absolute Gasteiger partial charge is 0.388 e. The maximum absolute atomic E-state index is 13.9. The lowest BCUT2D eigenvalue weighted by Crippen LogP contribution is -2.48. The molecule has 0 bridgehead atoms. The average Bonchev–Trinajstić information content (AvgIpc) is 2.92. The monoisotopic (exact) mass is 479 g/mol. The Labute approximate surface area is 208 Å². The van der Waals surface area contributed by atoms with E-state index in [1.54, 1.807) is 54.6 Å². The Morgan fingerprint density at radius 3 is 2.14 bits per heavy atom. The highest BCUT2D eigenvalue weighted by Crippen LogP contribution is 2.45. The van der Waals surface area contributed by atoms with Crippen LogP contribution in [-0.2, 0) is 5.54 Å². The van der Waals surface area contributed by atoms with Gasteiger partial charge in [-0.05, 0) is 42.3 Å². The lowest BCUT2D eigenvalue weighted by Gasteiger charge is -2.39. The molecule has 0 saturated carbocycles. The summed E-state index contributed by atoms with van der Waals surface area (Å²) in [6.45, 7) is 0. The summed E-state index contributed by atoms with van der Waals surface area (Å²) < 4.78 is 0. The van der Waals surface area contributed by atoms with Gasteiger partial charge in [-0.1, -0.05) is 48.5 Å². The fourth-order valence-electron chi connectivity index (χ4n) is 4.91. The maximum atomic E-state index is 13.9. The number of fused-ring (bicyclic) bond motifs is 1. The summed E-state index contributed by atoms with van der Waals surface area (Å²) in [6.07, 6.45) is 1.99. The first-order chi connectivity index (χ1) is 17.4. The Bertz CT molecular complexity index is 1470. The van der Waals surface area contributed by atoms with Crippen LogP contribution in [0.4, 0.5) is 11.4 Å². The molecule has 0 radical (unpaired) electrons. The molecule has 5 rings (SSSR count). The molecule has 36 heavy (non-hydrogen) atoms. The van der Waals surface area contributed by atoms with Crippen LogP contribution in [-0.4, -0.2) is 24.5 Å². The number of hydrazine groups is 1. The number of allylic oxidation sites excluding steroid dienone is 1. The molecule has 1 atom stereocenters. The van der Waals surface area contributed by atoms with Crippen LogP contribution in [0.5, 0.6) is 0 Å². The van der Waals surface area contributed by atoms with Crippen LogP contribution in [0.15, 0.2) is 95.7 Å². The van der Waals surface area contributed by atoms with E-state index in [0.29, 0.717) is 16.8 Å². The molecule has 1 amide bonds. The number of benzene rings is 3. The van der Waals surface area contributed by atoms with Gasteiger partial charge in [0.1, 0.15) is 0 Å².